The van der Waals surface area contributed by atoms with Crippen molar-refractivity contribution < 1.29 is 14.7 Å². The molecule has 14 heavy (non-hydrogen) atoms. The van der Waals surface area contributed by atoms with Gasteiger partial charge < -0.3 is 9.94 Å². The molecule has 0 fully saturated rings. The third-order valence-electron chi connectivity index (χ3n) is 2.30. The van der Waals surface area contributed by atoms with E-state index in [1.165, 1.54) is 10.6 Å². The Morgan fingerprint density at radius 3 is 2.79 bits per heavy atom. The highest BCUT2D eigenvalue weighted by Gasteiger charge is 2.18. The standard InChI is InChI=1S/C10H11NO3/c12-10(13)14-11-6-5-8-3-1-2-4-9(8)7-11/h1-4H,5-7H2,(H,12,13). The van der Waals surface area contributed by atoms with Crippen molar-refractivity contribution in [2.45, 2.75) is 13.0 Å². The lowest BCUT2D eigenvalue weighted by Gasteiger charge is -2.25. The maximum absolute atomic E-state index is 10.3. The number of hydrogen-bond donors (Lipinski definition) is 1. The second-order valence-electron chi connectivity index (χ2n) is 3.24. The smallest absolute Gasteiger partial charge is 0.448 e. The molecule has 4 nitrogen and oxygen atoms in total. The van der Waals surface area contributed by atoms with E-state index in [9.17, 15) is 4.79 Å². The Bertz CT molecular complexity index is 351. The van der Waals surface area contributed by atoms with Crippen molar-refractivity contribution in [3.63, 3.8) is 0 Å². The van der Waals surface area contributed by atoms with Gasteiger partial charge in [0.1, 0.15) is 0 Å². The average molecular weight is 193 g/mol. The Hall–Kier alpha value is -1.55. The largest absolute Gasteiger partial charge is 0.525 e. The zero-order valence-corrected chi connectivity index (χ0v) is 7.64. The molecule has 0 saturated heterocycles. The van der Waals surface area contributed by atoms with Crippen molar-refractivity contribution in [2.24, 2.45) is 0 Å². The fraction of sp³-hybridized carbons (Fsp3) is 0.300. The lowest BCUT2D eigenvalue weighted by molar-refractivity contribution is -0.129. The number of hydroxylamine groups is 2. The summed E-state index contributed by atoms with van der Waals surface area (Å²) in [4.78, 5) is 14.9. The molecule has 0 unspecified atom stereocenters. The first-order chi connectivity index (χ1) is 6.75. The van der Waals surface area contributed by atoms with E-state index in [1.54, 1.807) is 0 Å². The average Bonchev–Trinajstić information content (AvgIpc) is 2.17. The van der Waals surface area contributed by atoms with Crippen LogP contribution < -0.4 is 0 Å². The lowest BCUT2D eigenvalue weighted by Crippen LogP contribution is -2.32. The highest BCUT2D eigenvalue weighted by atomic mass is 16.8. The summed E-state index contributed by atoms with van der Waals surface area (Å²) in [6.07, 6.45) is -0.409. The lowest BCUT2D eigenvalue weighted by atomic mass is 10.0. The number of fused-ring (bicyclic) bond motifs is 1. The van der Waals surface area contributed by atoms with Gasteiger partial charge in [-0.2, -0.15) is 0 Å². The molecule has 0 aliphatic carbocycles. The highest BCUT2D eigenvalue weighted by molar-refractivity contribution is 5.56. The van der Waals surface area contributed by atoms with Gasteiger partial charge in [-0.05, 0) is 17.5 Å². The summed E-state index contributed by atoms with van der Waals surface area (Å²) in [5.74, 6) is 0. The van der Waals surface area contributed by atoms with Gasteiger partial charge in [-0.1, -0.05) is 24.3 Å². The number of nitrogens with zero attached hydrogens (tertiary/aromatic N) is 1. The molecule has 1 aromatic rings. The van der Waals surface area contributed by atoms with Gasteiger partial charge in [-0.25, -0.2) is 4.79 Å². The third kappa shape index (κ3) is 1.85. The fourth-order valence-electron chi connectivity index (χ4n) is 1.66. The third-order valence-corrected chi connectivity index (χ3v) is 2.30. The van der Waals surface area contributed by atoms with E-state index in [0.29, 0.717) is 13.1 Å². The Balaban J connectivity index is 2.09. The summed E-state index contributed by atoms with van der Waals surface area (Å²) in [7, 11) is 0. The van der Waals surface area contributed by atoms with Crippen LogP contribution >= 0.6 is 0 Å². The van der Waals surface area contributed by atoms with Crippen molar-refractivity contribution in [1.82, 2.24) is 5.06 Å². The van der Waals surface area contributed by atoms with Crippen LogP contribution in [0.5, 0.6) is 0 Å². The molecule has 1 aliphatic rings. The quantitative estimate of drug-likeness (QED) is 0.736. The predicted molar refractivity (Wildman–Crippen MR) is 49.7 cm³/mol. The van der Waals surface area contributed by atoms with Gasteiger partial charge in [0.05, 0.1) is 6.54 Å². The van der Waals surface area contributed by atoms with Crippen molar-refractivity contribution in [3.05, 3.63) is 35.4 Å². The van der Waals surface area contributed by atoms with E-state index in [-0.39, 0.29) is 0 Å². The van der Waals surface area contributed by atoms with Crippen LogP contribution in [0.25, 0.3) is 0 Å². The molecule has 0 bridgehead atoms. The highest BCUT2D eigenvalue weighted by Crippen LogP contribution is 2.18. The van der Waals surface area contributed by atoms with Crippen molar-refractivity contribution in [1.29, 1.82) is 0 Å². The molecular weight excluding hydrogens is 182 g/mol. The molecule has 0 amide bonds. The number of rotatable bonds is 1. The minimum Gasteiger partial charge on any atom is -0.448 e. The van der Waals surface area contributed by atoms with E-state index in [4.69, 9.17) is 5.11 Å². The van der Waals surface area contributed by atoms with Gasteiger partial charge in [-0.3, -0.25) is 0 Å². The van der Waals surface area contributed by atoms with Gasteiger partial charge in [-0.15, -0.1) is 5.06 Å². The molecule has 0 spiro atoms. The first-order valence-electron chi connectivity index (χ1n) is 4.48. The summed E-state index contributed by atoms with van der Waals surface area (Å²) in [5, 5.41) is 9.91. The summed E-state index contributed by atoms with van der Waals surface area (Å²) in [5.41, 5.74) is 2.41. The molecule has 1 N–H and O–H groups in total. The molecule has 1 aliphatic heterocycles. The first kappa shape index (κ1) is 9.02. The normalized spacial score (nSPS) is 16.0. The number of carboxylic acid groups (broad SMARTS) is 1. The molecule has 74 valence electrons. The summed E-state index contributed by atoms with van der Waals surface area (Å²) < 4.78 is 0. The van der Waals surface area contributed by atoms with Crippen LogP contribution in [0.15, 0.2) is 24.3 Å². The predicted octanol–water partition coefficient (Wildman–Crippen LogP) is 1.65. The molecule has 0 radical (unpaired) electrons. The van der Waals surface area contributed by atoms with Crippen LogP contribution in [-0.4, -0.2) is 22.9 Å². The van der Waals surface area contributed by atoms with E-state index < -0.39 is 6.16 Å². The number of carbonyl (C=O) groups is 1. The van der Waals surface area contributed by atoms with E-state index in [2.05, 4.69) is 10.9 Å². The van der Waals surface area contributed by atoms with Crippen LogP contribution in [0.4, 0.5) is 4.79 Å². The van der Waals surface area contributed by atoms with E-state index >= 15 is 0 Å². The Kier molecular flexibility index (Phi) is 2.37. The topological polar surface area (TPSA) is 49.8 Å². The van der Waals surface area contributed by atoms with Crippen LogP contribution in [0.3, 0.4) is 0 Å². The van der Waals surface area contributed by atoms with Gasteiger partial charge in [0.2, 0.25) is 0 Å². The molecule has 1 heterocycles. The SMILES string of the molecule is O=C(O)ON1CCc2ccccc2C1. The minimum atomic E-state index is -1.25. The molecule has 0 atom stereocenters. The zero-order chi connectivity index (χ0) is 9.97. The molecule has 2 rings (SSSR count). The van der Waals surface area contributed by atoms with E-state index in [1.807, 2.05) is 18.2 Å². The maximum atomic E-state index is 10.3. The van der Waals surface area contributed by atoms with E-state index in [0.717, 1.165) is 12.0 Å². The summed E-state index contributed by atoms with van der Waals surface area (Å²) in [6, 6.07) is 8.00. The molecule has 0 saturated carbocycles. The summed E-state index contributed by atoms with van der Waals surface area (Å²) in [6.45, 7) is 1.17. The van der Waals surface area contributed by atoms with Crippen LogP contribution in [0.1, 0.15) is 11.1 Å². The second kappa shape index (κ2) is 3.67. The molecule has 0 aromatic heterocycles. The first-order valence-corrected chi connectivity index (χ1v) is 4.48. The fourth-order valence-corrected chi connectivity index (χ4v) is 1.66. The van der Waals surface area contributed by atoms with Crippen molar-refractivity contribution in [2.75, 3.05) is 6.54 Å². The van der Waals surface area contributed by atoms with Crippen LogP contribution in [0, 0.1) is 0 Å². The Morgan fingerprint density at radius 1 is 1.36 bits per heavy atom. The van der Waals surface area contributed by atoms with Gasteiger partial charge in [0, 0.05) is 6.54 Å². The van der Waals surface area contributed by atoms with Gasteiger partial charge >= 0.3 is 6.16 Å². The minimum absolute atomic E-state index is 0.544. The zero-order valence-electron chi connectivity index (χ0n) is 7.64. The van der Waals surface area contributed by atoms with Gasteiger partial charge in [0.15, 0.2) is 0 Å². The number of hydrogen-bond acceptors (Lipinski definition) is 3. The second-order valence-corrected chi connectivity index (χ2v) is 3.24. The van der Waals surface area contributed by atoms with Crippen molar-refractivity contribution in [3.8, 4) is 0 Å². The van der Waals surface area contributed by atoms with Crippen LogP contribution in [-0.2, 0) is 17.8 Å². The molecular formula is C10H11NO3. The summed E-state index contributed by atoms with van der Waals surface area (Å²) >= 11 is 0. The number of benzene rings is 1. The Morgan fingerprint density at radius 2 is 2.07 bits per heavy atom. The maximum Gasteiger partial charge on any atom is 0.525 e. The molecule has 1 aromatic carbocycles. The molecule has 4 heteroatoms. The monoisotopic (exact) mass is 193 g/mol. The van der Waals surface area contributed by atoms with Crippen LogP contribution in [0.2, 0.25) is 0 Å². The van der Waals surface area contributed by atoms with Crippen molar-refractivity contribution >= 4 is 6.16 Å². The van der Waals surface area contributed by atoms with Gasteiger partial charge in [0.25, 0.3) is 0 Å². The Labute approximate surface area is 81.7 Å².